The molecule has 0 radical (unpaired) electrons. The molecule has 0 unspecified atom stereocenters. The second kappa shape index (κ2) is 7.67. The predicted octanol–water partition coefficient (Wildman–Crippen LogP) is 1.11. The molecule has 0 spiro atoms. The Kier molecular flexibility index (Phi) is 7.28. The van der Waals surface area contributed by atoms with E-state index in [-0.39, 0.29) is 5.91 Å². The first-order chi connectivity index (χ1) is 6.57. The number of nitrogens with one attached hydrogen (secondary N) is 1. The van der Waals surface area contributed by atoms with Gasteiger partial charge in [-0.3, -0.25) is 4.79 Å². The summed E-state index contributed by atoms with van der Waals surface area (Å²) in [6.07, 6.45) is 4.35. The van der Waals surface area contributed by atoms with Gasteiger partial charge in [0.05, 0.1) is 0 Å². The lowest BCUT2D eigenvalue weighted by atomic mass is 10.1. The smallest absolute Gasteiger partial charge is 0.326 e. The molecule has 1 amide bonds. The molecule has 0 fully saturated rings. The van der Waals surface area contributed by atoms with E-state index in [2.05, 4.69) is 5.32 Å². The van der Waals surface area contributed by atoms with Crippen molar-refractivity contribution in [1.29, 1.82) is 0 Å². The standard InChI is InChI=1S/C9H17NO3S/c1-7(11)10-8(9(12)13)5-3-4-6-14-2/h8H,3-6H2,1-2H3,(H,10,11)(H,12,13)/t8-/m1/s1. The summed E-state index contributed by atoms with van der Waals surface area (Å²) < 4.78 is 0. The van der Waals surface area contributed by atoms with Crippen LogP contribution in [0.1, 0.15) is 26.2 Å². The summed E-state index contributed by atoms with van der Waals surface area (Å²) in [4.78, 5) is 21.3. The van der Waals surface area contributed by atoms with Crippen molar-refractivity contribution in [2.75, 3.05) is 12.0 Å². The Morgan fingerprint density at radius 1 is 1.43 bits per heavy atom. The number of hydrogen-bond donors (Lipinski definition) is 2. The van der Waals surface area contributed by atoms with E-state index in [0.29, 0.717) is 6.42 Å². The maximum absolute atomic E-state index is 10.7. The zero-order valence-electron chi connectivity index (χ0n) is 8.58. The molecule has 1 atom stereocenters. The van der Waals surface area contributed by atoms with Crippen LogP contribution in [0, 0.1) is 0 Å². The molecule has 0 saturated carbocycles. The largest absolute Gasteiger partial charge is 0.480 e. The number of carboxylic acids is 1. The summed E-state index contributed by atoms with van der Waals surface area (Å²) >= 11 is 1.74. The molecule has 0 aromatic heterocycles. The van der Waals surface area contributed by atoms with Crippen LogP contribution in [0.2, 0.25) is 0 Å². The third-order valence-electron chi connectivity index (χ3n) is 1.77. The van der Waals surface area contributed by atoms with Crippen LogP contribution in [0.4, 0.5) is 0 Å². The van der Waals surface area contributed by atoms with Gasteiger partial charge in [0.25, 0.3) is 0 Å². The van der Waals surface area contributed by atoms with Crippen molar-refractivity contribution in [2.45, 2.75) is 32.2 Å². The highest BCUT2D eigenvalue weighted by atomic mass is 32.2. The lowest BCUT2D eigenvalue weighted by Gasteiger charge is -2.12. The zero-order chi connectivity index (χ0) is 11.0. The molecule has 14 heavy (non-hydrogen) atoms. The summed E-state index contributed by atoms with van der Waals surface area (Å²) in [5.41, 5.74) is 0. The van der Waals surface area contributed by atoms with Gasteiger partial charge in [-0.15, -0.1) is 0 Å². The van der Waals surface area contributed by atoms with Crippen LogP contribution in [0.25, 0.3) is 0 Å². The molecular weight excluding hydrogens is 202 g/mol. The molecule has 5 heteroatoms. The molecule has 0 heterocycles. The first-order valence-electron chi connectivity index (χ1n) is 4.56. The number of carbonyl (C=O) groups is 2. The van der Waals surface area contributed by atoms with E-state index in [9.17, 15) is 9.59 Å². The summed E-state index contributed by atoms with van der Waals surface area (Å²) in [7, 11) is 0. The zero-order valence-corrected chi connectivity index (χ0v) is 9.39. The molecule has 0 aliphatic carbocycles. The highest BCUT2D eigenvalue weighted by Crippen LogP contribution is 2.05. The Hall–Kier alpha value is -0.710. The summed E-state index contributed by atoms with van der Waals surface area (Å²) in [6, 6.07) is -0.727. The predicted molar refractivity (Wildman–Crippen MR) is 57.5 cm³/mol. The fourth-order valence-corrected chi connectivity index (χ4v) is 1.59. The number of amides is 1. The van der Waals surface area contributed by atoms with Crippen LogP contribution in [-0.2, 0) is 9.59 Å². The first-order valence-corrected chi connectivity index (χ1v) is 5.96. The van der Waals surface area contributed by atoms with Crippen LogP contribution in [0.15, 0.2) is 0 Å². The number of carbonyl (C=O) groups excluding carboxylic acids is 1. The minimum absolute atomic E-state index is 0.290. The molecule has 2 N–H and O–H groups in total. The van der Waals surface area contributed by atoms with E-state index in [1.165, 1.54) is 6.92 Å². The van der Waals surface area contributed by atoms with Gasteiger partial charge in [0.15, 0.2) is 0 Å². The number of carboxylic acid groups (broad SMARTS) is 1. The number of unbranched alkanes of at least 4 members (excludes halogenated alkanes) is 1. The molecule has 4 nitrogen and oxygen atoms in total. The Bertz CT molecular complexity index is 196. The Morgan fingerprint density at radius 3 is 2.50 bits per heavy atom. The van der Waals surface area contributed by atoms with Gasteiger partial charge in [0.1, 0.15) is 6.04 Å². The van der Waals surface area contributed by atoms with Gasteiger partial charge < -0.3 is 10.4 Å². The molecular formula is C9H17NO3S. The molecule has 0 aromatic carbocycles. The lowest BCUT2D eigenvalue weighted by molar-refractivity contribution is -0.141. The normalized spacial score (nSPS) is 12.1. The quantitative estimate of drug-likeness (QED) is 0.629. The maximum atomic E-state index is 10.7. The van der Waals surface area contributed by atoms with E-state index in [1.807, 2.05) is 6.26 Å². The third kappa shape index (κ3) is 6.77. The molecule has 0 rings (SSSR count). The Labute approximate surface area is 88.4 Å². The average Bonchev–Trinajstić information content (AvgIpc) is 2.09. The molecule has 0 aliphatic heterocycles. The van der Waals surface area contributed by atoms with Gasteiger partial charge in [-0.25, -0.2) is 4.79 Å². The first kappa shape index (κ1) is 13.3. The highest BCUT2D eigenvalue weighted by molar-refractivity contribution is 7.98. The average molecular weight is 219 g/mol. The lowest BCUT2D eigenvalue weighted by Crippen LogP contribution is -2.39. The fourth-order valence-electron chi connectivity index (χ4n) is 1.10. The monoisotopic (exact) mass is 219 g/mol. The SMILES string of the molecule is CSCCCC[C@@H](NC(C)=O)C(=O)O. The van der Waals surface area contributed by atoms with Crippen LogP contribution < -0.4 is 5.32 Å². The maximum Gasteiger partial charge on any atom is 0.326 e. The van der Waals surface area contributed by atoms with Crippen molar-refractivity contribution >= 4 is 23.6 Å². The third-order valence-corrected chi connectivity index (χ3v) is 2.46. The molecule has 82 valence electrons. The van der Waals surface area contributed by atoms with Crippen LogP contribution in [0.5, 0.6) is 0 Å². The van der Waals surface area contributed by atoms with Gasteiger partial charge in [0, 0.05) is 6.92 Å². The number of rotatable bonds is 7. The van der Waals surface area contributed by atoms with Crippen LogP contribution in [0.3, 0.4) is 0 Å². The van der Waals surface area contributed by atoms with E-state index >= 15 is 0 Å². The van der Waals surface area contributed by atoms with Crippen molar-refractivity contribution < 1.29 is 14.7 Å². The summed E-state index contributed by atoms with van der Waals surface area (Å²) in [6.45, 7) is 1.33. The summed E-state index contributed by atoms with van der Waals surface area (Å²) in [5, 5.41) is 11.2. The van der Waals surface area contributed by atoms with E-state index in [0.717, 1.165) is 18.6 Å². The number of aliphatic carboxylic acids is 1. The van der Waals surface area contributed by atoms with E-state index < -0.39 is 12.0 Å². The van der Waals surface area contributed by atoms with Crippen LogP contribution >= 0.6 is 11.8 Å². The second-order valence-corrected chi connectivity index (χ2v) is 4.07. The topological polar surface area (TPSA) is 66.4 Å². The summed E-state index contributed by atoms with van der Waals surface area (Å²) in [5.74, 6) is -0.210. The van der Waals surface area contributed by atoms with Gasteiger partial charge in [-0.05, 0) is 31.3 Å². The molecule has 0 aliphatic rings. The number of thioether (sulfide) groups is 1. The van der Waals surface area contributed by atoms with Gasteiger partial charge in [-0.1, -0.05) is 0 Å². The van der Waals surface area contributed by atoms with Gasteiger partial charge in [0.2, 0.25) is 5.91 Å². The second-order valence-electron chi connectivity index (χ2n) is 3.08. The van der Waals surface area contributed by atoms with Gasteiger partial charge >= 0.3 is 5.97 Å². The van der Waals surface area contributed by atoms with Crippen molar-refractivity contribution in [3.8, 4) is 0 Å². The number of hydrogen-bond acceptors (Lipinski definition) is 3. The minimum atomic E-state index is -0.954. The van der Waals surface area contributed by atoms with Crippen molar-refractivity contribution in [3.63, 3.8) is 0 Å². The minimum Gasteiger partial charge on any atom is -0.480 e. The molecule has 0 saturated heterocycles. The Morgan fingerprint density at radius 2 is 2.07 bits per heavy atom. The Balaban J connectivity index is 3.74. The van der Waals surface area contributed by atoms with Crippen molar-refractivity contribution in [1.82, 2.24) is 5.32 Å². The van der Waals surface area contributed by atoms with Crippen molar-refractivity contribution in [3.05, 3.63) is 0 Å². The molecule has 0 aromatic rings. The van der Waals surface area contributed by atoms with Crippen molar-refractivity contribution in [2.24, 2.45) is 0 Å². The van der Waals surface area contributed by atoms with Gasteiger partial charge in [-0.2, -0.15) is 11.8 Å². The fraction of sp³-hybridized carbons (Fsp3) is 0.778. The molecule has 0 bridgehead atoms. The van der Waals surface area contributed by atoms with Crippen LogP contribution in [-0.4, -0.2) is 35.0 Å². The van der Waals surface area contributed by atoms with E-state index in [1.54, 1.807) is 11.8 Å². The van der Waals surface area contributed by atoms with E-state index in [4.69, 9.17) is 5.11 Å². The highest BCUT2D eigenvalue weighted by Gasteiger charge is 2.16.